The zero-order chi connectivity index (χ0) is 18.1. The minimum Gasteiger partial charge on any atom is -0.353 e. The van der Waals surface area contributed by atoms with Gasteiger partial charge >= 0.3 is 0 Å². The average molecular weight is 386 g/mol. The predicted octanol–water partition coefficient (Wildman–Crippen LogP) is 3.18. The quantitative estimate of drug-likeness (QED) is 0.756. The van der Waals surface area contributed by atoms with Crippen molar-refractivity contribution in [2.24, 2.45) is 0 Å². The van der Waals surface area contributed by atoms with Crippen molar-refractivity contribution in [3.05, 3.63) is 16.8 Å². The minimum absolute atomic E-state index is 1.09. The molecule has 27 heavy (non-hydrogen) atoms. The molecule has 5 nitrogen and oxygen atoms in total. The molecule has 3 aliphatic rings. The zero-order valence-corrected chi connectivity index (χ0v) is 17.1. The summed E-state index contributed by atoms with van der Waals surface area (Å²) in [6.45, 7) is 9.59. The van der Waals surface area contributed by atoms with Crippen LogP contribution >= 0.6 is 11.3 Å². The van der Waals surface area contributed by atoms with E-state index in [4.69, 9.17) is 4.98 Å². The molecule has 0 N–H and O–H groups in total. The van der Waals surface area contributed by atoms with Crippen LogP contribution in [0.25, 0.3) is 10.2 Å². The maximum Gasteiger partial charge on any atom is 0.141 e. The summed E-state index contributed by atoms with van der Waals surface area (Å²) in [5, 5.41) is 1.38. The summed E-state index contributed by atoms with van der Waals surface area (Å²) in [6.07, 6.45) is 11.0. The molecule has 4 heterocycles. The fourth-order valence-corrected chi connectivity index (χ4v) is 6.19. The Balaban J connectivity index is 1.29. The van der Waals surface area contributed by atoms with Crippen LogP contribution in [0.1, 0.15) is 42.5 Å². The molecule has 6 heteroatoms. The number of hydrogen-bond donors (Lipinski definition) is 0. The van der Waals surface area contributed by atoms with E-state index in [1.54, 1.807) is 16.8 Å². The van der Waals surface area contributed by atoms with Gasteiger partial charge in [-0.15, -0.1) is 11.3 Å². The number of hydrogen-bond acceptors (Lipinski definition) is 6. The summed E-state index contributed by atoms with van der Waals surface area (Å²) in [6, 6.07) is 0. The Labute approximate surface area is 166 Å². The maximum atomic E-state index is 4.77. The molecule has 0 unspecified atom stereocenters. The van der Waals surface area contributed by atoms with E-state index in [9.17, 15) is 0 Å². The lowest BCUT2D eigenvalue weighted by Gasteiger charge is -2.36. The van der Waals surface area contributed by atoms with E-state index in [1.165, 1.54) is 87.2 Å². The second-order valence-electron chi connectivity index (χ2n) is 8.32. The number of fused-ring (bicyclic) bond motifs is 3. The number of thiophene rings is 1. The van der Waals surface area contributed by atoms with Gasteiger partial charge in [-0.2, -0.15) is 0 Å². The average Bonchev–Trinajstić information content (AvgIpc) is 3.29. The molecular formula is C21H31N5S. The Bertz CT molecular complexity index is 774. The van der Waals surface area contributed by atoms with Gasteiger partial charge in [0.2, 0.25) is 0 Å². The molecule has 2 saturated heterocycles. The molecule has 0 bridgehead atoms. The van der Waals surface area contributed by atoms with E-state index in [0.717, 1.165) is 26.2 Å². The molecule has 2 aromatic heterocycles. The van der Waals surface area contributed by atoms with Gasteiger partial charge < -0.3 is 9.80 Å². The van der Waals surface area contributed by atoms with Gasteiger partial charge in [0.05, 0.1) is 5.39 Å². The topological polar surface area (TPSA) is 35.5 Å². The molecule has 146 valence electrons. The largest absolute Gasteiger partial charge is 0.353 e. The van der Waals surface area contributed by atoms with Gasteiger partial charge in [0.1, 0.15) is 17.0 Å². The third-order valence-corrected chi connectivity index (χ3v) is 7.78. The van der Waals surface area contributed by atoms with Gasteiger partial charge in [-0.25, -0.2) is 9.97 Å². The Morgan fingerprint density at radius 2 is 1.52 bits per heavy atom. The van der Waals surface area contributed by atoms with Crippen molar-refractivity contribution < 1.29 is 0 Å². The van der Waals surface area contributed by atoms with Crippen LogP contribution in [0.15, 0.2) is 6.33 Å². The molecule has 0 spiro atoms. The first kappa shape index (κ1) is 17.8. The Hall–Kier alpha value is -1.24. The molecule has 1 aliphatic carbocycles. The highest BCUT2D eigenvalue weighted by Crippen LogP contribution is 2.38. The Morgan fingerprint density at radius 1 is 0.778 bits per heavy atom. The molecule has 0 atom stereocenters. The highest BCUT2D eigenvalue weighted by Gasteiger charge is 2.24. The first-order chi connectivity index (χ1) is 13.4. The van der Waals surface area contributed by atoms with Gasteiger partial charge in [-0.05, 0) is 57.2 Å². The van der Waals surface area contributed by atoms with Crippen molar-refractivity contribution in [2.75, 3.05) is 57.3 Å². The van der Waals surface area contributed by atoms with E-state index >= 15 is 0 Å². The van der Waals surface area contributed by atoms with Gasteiger partial charge in [-0.1, -0.05) is 6.42 Å². The molecule has 0 amide bonds. The second-order valence-corrected chi connectivity index (χ2v) is 9.40. The van der Waals surface area contributed by atoms with Crippen LogP contribution in [0, 0.1) is 0 Å². The summed E-state index contributed by atoms with van der Waals surface area (Å²) in [5.74, 6) is 1.21. The number of aromatic nitrogens is 2. The van der Waals surface area contributed by atoms with E-state index in [-0.39, 0.29) is 0 Å². The van der Waals surface area contributed by atoms with Crippen molar-refractivity contribution in [1.29, 1.82) is 0 Å². The number of likely N-dealkylation sites (tertiary alicyclic amines) is 1. The van der Waals surface area contributed by atoms with Crippen LogP contribution in [-0.2, 0) is 12.8 Å². The van der Waals surface area contributed by atoms with Crippen molar-refractivity contribution in [2.45, 2.75) is 44.9 Å². The van der Waals surface area contributed by atoms with Crippen molar-refractivity contribution >= 4 is 27.4 Å². The normalized spacial score (nSPS) is 22.3. The lowest BCUT2D eigenvalue weighted by atomic mass is 10.1. The molecule has 0 aromatic carbocycles. The van der Waals surface area contributed by atoms with Crippen molar-refractivity contribution in [3.63, 3.8) is 0 Å². The Morgan fingerprint density at radius 3 is 2.33 bits per heavy atom. The molecular weight excluding hydrogens is 354 g/mol. The third-order valence-electron chi connectivity index (χ3n) is 6.58. The first-order valence-electron chi connectivity index (χ1n) is 10.8. The summed E-state index contributed by atoms with van der Waals surface area (Å²) in [7, 11) is 0. The maximum absolute atomic E-state index is 4.77. The van der Waals surface area contributed by atoms with E-state index in [0.29, 0.717) is 0 Å². The standard InChI is InChI=1S/C21H31N5S/c1-2-6-17-18(7-3-1)27-21-19(17)20(22-16-23-21)26-14-12-25(13-15-26)11-10-24-8-4-5-9-24/h16H,1-15H2. The van der Waals surface area contributed by atoms with Gasteiger partial charge in [-0.3, -0.25) is 4.90 Å². The van der Waals surface area contributed by atoms with E-state index in [2.05, 4.69) is 19.7 Å². The number of piperazine rings is 1. The fraction of sp³-hybridized carbons (Fsp3) is 0.714. The van der Waals surface area contributed by atoms with Gasteiger partial charge in [0.15, 0.2) is 0 Å². The fourth-order valence-electron chi connectivity index (χ4n) is 4.96. The monoisotopic (exact) mass is 385 g/mol. The number of rotatable bonds is 4. The van der Waals surface area contributed by atoms with E-state index < -0.39 is 0 Å². The summed E-state index contributed by atoms with van der Waals surface area (Å²) in [4.78, 5) is 20.0. The summed E-state index contributed by atoms with van der Waals surface area (Å²) >= 11 is 1.92. The summed E-state index contributed by atoms with van der Waals surface area (Å²) in [5.41, 5.74) is 1.57. The van der Waals surface area contributed by atoms with Crippen LogP contribution in [0.5, 0.6) is 0 Å². The molecule has 0 saturated carbocycles. The van der Waals surface area contributed by atoms with Crippen LogP contribution in [0.3, 0.4) is 0 Å². The van der Waals surface area contributed by atoms with Crippen LogP contribution in [-0.4, -0.2) is 72.1 Å². The predicted molar refractivity (Wildman–Crippen MR) is 113 cm³/mol. The SMILES string of the molecule is c1nc(N2CCN(CCN3CCCC3)CC2)c2c3c(sc2n1)CCCCC3. The highest BCUT2D eigenvalue weighted by atomic mass is 32.1. The van der Waals surface area contributed by atoms with Crippen molar-refractivity contribution in [1.82, 2.24) is 19.8 Å². The smallest absolute Gasteiger partial charge is 0.141 e. The van der Waals surface area contributed by atoms with Crippen LogP contribution < -0.4 is 4.90 Å². The van der Waals surface area contributed by atoms with Gasteiger partial charge in [0.25, 0.3) is 0 Å². The lowest BCUT2D eigenvalue weighted by Crippen LogP contribution is -2.48. The third kappa shape index (κ3) is 3.71. The Kier molecular flexibility index (Phi) is 5.29. The molecule has 2 fully saturated rings. The second kappa shape index (κ2) is 8.02. The minimum atomic E-state index is 1.09. The van der Waals surface area contributed by atoms with Crippen molar-refractivity contribution in [3.8, 4) is 0 Å². The van der Waals surface area contributed by atoms with Gasteiger partial charge in [0, 0.05) is 44.1 Å². The molecule has 2 aliphatic heterocycles. The summed E-state index contributed by atoms with van der Waals surface area (Å²) < 4.78 is 0. The highest BCUT2D eigenvalue weighted by molar-refractivity contribution is 7.18. The molecule has 2 aromatic rings. The number of aryl methyl sites for hydroxylation is 2. The van der Waals surface area contributed by atoms with Crippen LogP contribution in [0.2, 0.25) is 0 Å². The zero-order valence-electron chi connectivity index (χ0n) is 16.3. The van der Waals surface area contributed by atoms with E-state index in [1.807, 2.05) is 11.3 Å². The lowest BCUT2D eigenvalue weighted by molar-refractivity contribution is 0.215. The first-order valence-corrected chi connectivity index (χ1v) is 11.6. The number of nitrogens with zero attached hydrogens (tertiary/aromatic N) is 5. The molecule has 5 rings (SSSR count). The molecule has 0 radical (unpaired) electrons. The number of anilines is 1. The van der Waals surface area contributed by atoms with Crippen LogP contribution in [0.4, 0.5) is 5.82 Å².